The van der Waals surface area contributed by atoms with Crippen molar-refractivity contribution >= 4 is 12.0 Å². The van der Waals surface area contributed by atoms with Crippen LogP contribution in [0.5, 0.6) is 0 Å². The van der Waals surface area contributed by atoms with E-state index < -0.39 is 12.0 Å². The number of urea groups is 1. The number of carbonyl (C=O) groups excluding carboxylic acids is 1. The number of rotatable bonds is 4. The second-order valence-corrected chi connectivity index (χ2v) is 6.11. The van der Waals surface area contributed by atoms with Crippen LogP contribution in [0.15, 0.2) is 0 Å². The third-order valence-corrected chi connectivity index (χ3v) is 4.46. The minimum Gasteiger partial charge on any atom is -0.480 e. The molecule has 0 bridgehead atoms. The molecule has 0 aromatic carbocycles. The standard InChI is InChI=1S/C15H26N2O4/c1-11-5-4-9-17(13(11)14(18)19)15(20)16-8-7-12-6-2-3-10-21-12/h11-13H,2-10H2,1H3,(H,16,20)(H,18,19). The molecule has 2 aliphatic heterocycles. The Morgan fingerprint density at radius 2 is 2.10 bits per heavy atom. The van der Waals surface area contributed by atoms with Crippen LogP contribution in [0.2, 0.25) is 0 Å². The summed E-state index contributed by atoms with van der Waals surface area (Å²) in [5.74, 6) is -0.906. The molecule has 0 aromatic heterocycles. The molecule has 0 aliphatic carbocycles. The molecule has 21 heavy (non-hydrogen) atoms. The number of carboxylic acids is 1. The number of carboxylic acid groups (broad SMARTS) is 1. The van der Waals surface area contributed by atoms with Crippen LogP contribution in [0, 0.1) is 5.92 Å². The third-order valence-electron chi connectivity index (χ3n) is 4.46. The monoisotopic (exact) mass is 298 g/mol. The second kappa shape index (κ2) is 7.64. The fraction of sp³-hybridized carbons (Fsp3) is 0.867. The van der Waals surface area contributed by atoms with Crippen molar-refractivity contribution in [3.05, 3.63) is 0 Å². The lowest BCUT2D eigenvalue weighted by Gasteiger charge is -2.37. The van der Waals surface area contributed by atoms with E-state index in [4.69, 9.17) is 4.74 Å². The summed E-state index contributed by atoms with van der Waals surface area (Å²) < 4.78 is 5.62. The van der Waals surface area contributed by atoms with Crippen molar-refractivity contribution in [3.8, 4) is 0 Å². The van der Waals surface area contributed by atoms with Crippen LogP contribution in [0.25, 0.3) is 0 Å². The van der Waals surface area contributed by atoms with Crippen molar-refractivity contribution in [2.24, 2.45) is 5.92 Å². The van der Waals surface area contributed by atoms with Crippen LogP contribution in [-0.4, -0.2) is 53.8 Å². The van der Waals surface area contributed by atoms with Gasteiger partial charge in [0.25, 0.3) is 0 Å². The number of aliphatic carboxylic acids is 1. The molecule has 2 rings (SSSR count). The van der Waals surface area contributed by atoms with Gasteiger partial charge in [0.15, 0.2) is 0 Å². The van der Waals surface area contributed by atoms with Gasteiger partial charge >= 0.3 is 12.0 Å². The van der Waals surface area contributed by atoms with E-state index in [1.165, 1.54) is 11.3 Å². The molecule has 6 heteroatoms. The molecule has 0 radical (unpaired) electrons. The third kappa shape index (κ3) is 4.33. The molecular formula is C15H26N2O4. The summed E-state index contributed by atoms with van der Waals surface area (Å²) in [5, 5.41) is 12.2. The van der Waals surface area contributed by atoms with E-state index in [9.17, 15) is 14.7 Å². The zero-order valence-electron chi connectivity index (χ0n) is 12.7. The Morgan fingerprint density at radius 1 is 1.29 bits per heavy atom. The predicted molar refractivity (Wildman–Crippen MR) is 78.1 cm³/mol. The first-order chi connectivity index (χ1) is 10.1. The smallest absolute Gasteiger partial charge is 0.326 e. The van der Waals surface area contributed by atoms with Crippen molar-refractivity contribution < 1.29 is 19.4 Å². The number of hydrogen-bond donors (Lipinski definition) is 2. The minimum atomic E-state index is -0.909. The highest BCUT2D eigenvalue weighted by Crippen LogP contribution is 2.23. The van der Waals surface area contributed by atoms with Gasteiger partial charge in [0.05, 0.1) is 6.10 Å². The maximum absolute atomic E-state index is 12.2. The fourth-order valence-electron chi connectivity index (χ4n) is 3.27. The van der Waals surface area contributed by atoms with Gasteiger partial charge in [0, 0.05) is 19.7 Å². The van der Waals surface area contributed by atoms with Crippen LogP contribution < -0.4 is 5.32 Å². The number of carbonyl (C=O) groups is 2. The van der Waals surface area contributed by atoms with Gasteiger partial charge in [-0.25, -0.2) is 9.59 Å². The summed E-state index contributed by atoms with van der Waals surface area (Å²) >= 11 is 0. The molecule has 2 heterocycles. The van der Waals surface area contributed by atoms with Crippen LogP contribution in [0.4, 0.5) is 4.79 Å². The summed E-state index contributed by atoms with van der Waals surface area (Å²) in [7, 11) is 0. The summed E-state index contributed by atoms with van der Waals surface area (Å²) in [4.78, 5) is 25.0. The highest BCUT2D eigenvalue weighted by Gasteiger charge is 2.36. The lowest BCUT2D eigenvalue weighted by atomic mass is 9.91. The molecule has 2 aliphatic rings. The highest BCUT2D eigenvalue weighted by molar-refractivity contribution is 5.83. The second-order valence-electron chi connectivity index (χ2n) is 6.11. The zero-order valence-corrected chi connectivity index (χ0v) is 12.7. The van der Waals surface area contributed by atoms with Crippen molar-refractivity contribution in [1.29, 1.82) is 0 Å². The molecule has 120 valence electrons. The van der Waals surface area contributed by atoms with Crippen molar-refractivity contribution in [3.63, 3.8) is 0 Å². The predicted octanol–water partition coefficient (Wildman–Crippen LogP) is 1.84. The average molecular weight is 298 g/mol. The maximum Gasteiger partial charge on any atom is 0.326 e. The average Bonchev–Trinajstić information content (AvgIpc) is 2.47. The summed E-state index contributed by atoms with van der Waals surface area (Å²) in [6.07, 6.45) is 6.11. The van der Waals surface area contributed by atoms with E-state index in [2.05, 4.69) is 5.32 Å². The lowest BCUT2D eigenvalue weighted by Crippen LogP contribution is -2.55. The zero-order chi connectivity index (χ0) is 15.2. The Bertz CT molecular complexity index is 369. The van der Waals surface area contributed by atoms with E-state index in [0.717, 1.165) is 38.7 Å². The SMILES string of the molecule is CC1CCCN(C(=O)NCCC2CCCCO2)C1C(=O)O. The molecule has 0 spiro atoms. The molecule has 0 saturated carbocycles. The first-order valence-corrected chi connectivity index (χ1v) is 7.98. The summed E-state index contributed by atoms with van der Waals surface area (Å²) in [5.41, 5.74) is 0. The van der Waals surface area contributed by atoms with Gasteiger partial charge in [-0.15, -0.1) is 0 Å². The molecule has 2 N–H and O–H groups in total. The van der Waals surface area contributed by atoms with Crippen molar-refractivity contribution in [1.82, 2.24) is 10.2 Å². The van der Waals surface area contributed by atoms with Crippen molar-refractivity contribution in [2.75, 3.05) is 19.7 Å². The summed E-state index contributed by atoms with van der Waals surface area (Å²) in [6, 6.07) is -0.963. The van der Waals surface area contributed by atoms with Crippen LogP contribution >= 0.6 is 0 Å². The first-order valence-electron chi connectivity index (χ1n) is 7.98. The van der Waals surface area contributed by atoms with E-state index in [1.54, 1.807) is 0 Å². The molecule has 2 fully saturated rings. The maximum atomic E-state index is 12.2. The van der Waals surface area contributed by atoms with Gasteiger partial charge in [-0.2, -0.15) is 0 Å². The Morgan fingerprint density at radius 3 is 2.76 bits per heavy atom. The number of likely N-dealkylation sites (tertiary alicyclic amines) is 1. The molecule has 3 unspecified atom stereocenters. The molecule has 6 nitrogen and oxygen atoms in total. The molecular weight excluding hydrogens is 272 g/mol. The van der Waals surface area contributed by atoms with Crippen molar-refractivity contribution in [2.45, 2.75) is 57.6 Å². The number of hydrogen-bond acceptors (Lipinski definition) is 3. The van der Waals surface area contributed by atoms with Crippen LogP contribution in [0.1, 0.15) is 45.4 Å². The molecule has 3 atom stereocenters. The number of piperidine rings is 1. The highest BCUT2D eigenvalue weighted by atomic mass is 16.5. The van der Waals surface area contributed by atoms with Gasteiger partial charge in [-0.3, -0.25) is 0 Å². The van der Waals surface area contributed by atoms with E-state index in [1.807, 2.05) is 6.92 Å². The Hall–Kier alpha value is -1.30. The topological polar surface area (TPSA) is 78.9 Å². The van der Waals surface area contributed by atoms with Gasteiger partial charge in [0.2, 0.25) is 0 Å². The van der Waals surface area contributed by atoms with E-state index in [-0.39, 0.29) is 18.1 Å². The van der Waals surface area contributed by atoms with Gasteiger partial charge in [-0.05, 0) is 44.4 Å². The number of amides is 2. The number of ether oxygens (including phenoxy) is 1. The van der Waals surface area contributed by atoms with Gasteiger partial charge in [0.1, 0.15) is 6.04 Å². The normalized spacial score (nSPS) is 30.0. The van der Waals surface area contributed by atoms with E-state index >= 15 is 0 Å². The Kier molecular flexibility index (Phi) is 5.85. The largest absolute Gasteiger partial charge is 0.480 e. The first kappa shape index (κ1) is 16.1. The van der Waals surface area contributed by atoms with Crippen LogP contribution in [0.3, 0.4) is 0 Å². The summed E-state index contributed by atoms with van der Waals surface area (Å²) in [6.45, 7) is 3.77. The Balaban J connectivity index is 1.79. The van der Waals surface area contributed by atoms with Gasteiger partial charge in [-0.1, -0.05) is 6.92 Å². The van der Waals surface area contributed by atoms with E-state index in [0.29, 0.717) is 13.1 Å². The Labute approximate surface area is 125 Å². The molecule has 2 saturated heterocycles. The number of nitrogens with one attached hydrogen (secondary N) is 1. The van der Waals surface area contributed by atoms with Gasteiger partial charge < -0.3 is 20.1 Å². The van der Waals surface area contributed by atoms with Crippen LogP contribution in [-0.2, 0) is 9.53 Å². The minimum absolute atomic E-state index is 0.00341. The fourth-order valence-corrected chi connectivity index (χ4v) is 3.27. The molecule has 0 aromatic rings. The molecule has 2 amide bonds. The quantitative estimate of drug-likeness (QED) is 0.830. The number of nitrogens with zero attached hydrogens (tertiary/aromatic N) is 1. The lowest BCUT2D eigenvalue weighted by molar-refractivity contribution is -0.145.